The topological polar surface area (TPSA) is 17.1 Å². The summed E-state index contributed by atoms with van der Waals surface area (Å²) in [6.07, 6.45) is 1.61. The SMILES string of the molecule is CC[N+]1(CC)CCC(=O)CC1.[Cl-]. The molecule has 0 bridgehead atoms. The number of carbonyl (C=O) groups excluding carboxylic acids is 1. The van der Waals surface area contributed by atoms with Crippen LogP contribution in [-0.4, -0.2) is 36.4 Å². The van der Waals surface area contributed by atoms with Gasteiger partial charge in [0.05, 0.1) is 39.0 Å². The van der Waals surface area contributed by atoms with Gasteiger partial charge in [-0.15, -0.1) is 0 Å². The molecule has 0 radical (unpaired) electrons. The Balaban J connectivity index is 0.00000121. The van der Waals surface area contributed by atoms with Crippen LogP contribution >= 0.6 is 0 Å². The number of piperidine rings is 1. The highest BCUT2D eigenvalue weighted by Crippen LogP contribution is 2.15. The molecule has 0 aromatic rings. The molecule has 2 nitrogen and oxygen atoms in total. The predicted octanol–water partition coefficient (Wildman–Crippen LogP) is -1.79. The smallest absolute Gasteiger partial charge is 0.144 e. The van der Waals surface area contributed by atoms with Crippen LogP contribution in [0.2, 0.25) is 0 Å². The summed E-state index contributed by atoms with van der Waals surface area (Å²) in [7, 11) is 0. The minimum atomic E-state index is 0. The van der Waals surface area contributed by atoms with Gasteiger partial charge in [0.2, 0.25) is 0 Å². The Labute approximate surface area is 80.9 Å². The van der Waals surface area contributed by atoms with Crippen LogP contribution in [-0.2, 0) is 4.79 Å². The molecule has 12 heavy (non-hydrogen) atoms. The third-order valence-electron chi connectivity index (χ3n) is 3.07. The van der Waals surface area contributed by atoms with E-state index in [1.807, 2.05) is 0 Å². The fourth-order valence-electron chi connectivity index (χ4n) is 1.82. The van der Waals surface area contributed by atoms with Crippen LogP contribution in [0.5, 0.6) is 0 Å². The second-order valence-corrected chi connectivity index (χ2v) is 3.46. The van der Waals surface area contributed by atoms with Crippen molar-refractivity contribution in [1.29, 1.82) is 0 Å². The first-order valence-corrected chi connectivity index (χ1v) is 4.59. The van der Waals surface area contributed by atoms with Crippen molar-refractivity contribution in [3.05, 3.63) is 0 Å². The van der Waals surface area contributed by atoms with E-state index in [2.05, 4.69) is 13.8 Å². The van der Waals surface area contributed by atoms with E-state index >= 15 is 0 Å². The Hall–Kier alpha value is -0.0800. The van der Waals surface area contributed by atoms with E-state index in [0.717, 1.165) is 30.4 Å². The van der Waals surface area contributed by atoms with E-state index in [4.69, 9.17) is 0 Å². The maximum absolute atomic E-state index is 11.0. The quantitative estimate of drug-likeness (QED) is 0.472. The third kappa shape index (κ3) is 2.46. The molecule has 0 spiro atoms. The number of ketones is 1. The first kappa shape index (κ1) is 11.9. The molecule has 1 heterocycles. The number of hydrogen-bond donors (Lipinski definition) is 0. The minimum absolute atomic E-state index is 0. The lowest BCUT2D eigenvalue weighted by Crippen LogP contribution is -3.00. The van der Waals surface area contributed by atoms with Crippen molar-refractivity contribution in [2.75, 3.05) is 26.2 Å². The van der Waals surface area contributed by atoms with E-state index in [0.29, 0.717) is 5.78 Å². The Morgan fingerprint density at radius 3 is 1.92 bits per heavy atom. The first-order valence-electron chi connectivity index (χ1n) is 4.59. The first-order chi connectivity index (χ1) is 5.22. The number of quaternary nitrogens is 1. The molecule has 0 amide bonds. The Morgan fingerprint density at radius 1 is 1.17 bits per heavy atom. The van der Waals surface area contributed by atoms with Crippen molar-refractivity contribution >= 4 is 5.78 Å². The average molecular weight is 192 g/mol. The van der Waals surface area contributed by atoms with Crippen molar-refractivity contribution in [3.8, 4) is 0 Å². The zero-order chi connectivity index (χ0) is 8.32. The van der Waals surface area contributed by atoms with Crippen LogP contribution in [0.3, 0.4) is 0 Å². The second-order valence-electron chi connectivity index (χ2n) is 3.46. The maximum atomic E-state index is 11.0. The fraction of sp³-hybridized carbons (Fsp3) is 0.889. The standard InChI is InChI=1S/C9H18NO.ClH/c1-3-10(4-2)7-5-9(11)6-8-10;/h3-8H2,1-2H3;1H/q+1;/p-1. The van der Waals surface area contributed by atoms with Crippen LogP contribution in [0.15, 0.2) is 0 Å². The summed E-state index contributed by atoms with van der Waals surface area (Å²) in [6, 6.07) is 0. The van der Waals surface area contributed by atoms with Gasteiger partial charge in [0.15, 0.2) is 0 Å². The molecule has 1 aliphatic heterocycles. The van der Waals surface area contributed by atoms with Crippen molar-refractivity contribution < 1.29 is 21.7 Å². The lowest BCUT2D eigenvalue weighted by Gasteiger charge is -2.39. The fourth-order valence-corrected chi connectivity index (χ4v) is 1.82. The van der Waals surface area contributed by atoms with Gasteiger partial charge < -0.3 is 16.9 Å². The van der Waals surface area contributed by atoms with Crippen LogP contribution in [0.4, 0.5) is 0 Å². The average Bonchev–Trinajstić information content (AvgIpc) is 2.07. The molecular weight excluding hydrogens is 174 g/mol. The molecule has 0 aromatic carbocycles. The van der Waals surface area contributed by atoms with Gasteiger partial charge in [-0.3, -0.25) is 4.79 Å². The van der Waals surface area contributed by atoms with Gasteiger partial charge in [0, 0.05) is 0 Å². The monoisotopic (exact) mass is 191 g/mol. The normalized spacial score (nSPS) is 21.7. The summed E-state index contributed by atoms with van der Waals surface area (Å²) in [5.74, 6) is 0.459. The van der Waals surface area contributed by atoms with Crippen molar-refractivity contribution in [2.45, 2.75) is 26.7 Å². The molecule has 1 fully saturated rings. The molecular formula is C9H18ClNO. The second kappa shape index (κ2) is 4.83. The molecule has 1 aliphatic rings. The number of Topliss-reactive ketones (excluding diaryl/α,β-unsaturated/α-hetero) is 1. The number of likely N-dealkylation sites (tertiary alicyclic amines) is 1. The summed E-state index contributed by atoms with van der Waals surface area (Å²) >= 11 is 0. The zero-order valence-corrected chi connectivity index (χ0v) is 8.73. The highest BCUT2D eigenvalue weighted by Gasteiger charge is 2.29. The number of rotatable bonds is 2. The third-order valence-corrected chi connectivity index (χ3v) is 3.07. The van der Waals surface area contributed by atoms with E-state index in [-0.39, 0.29) is 12.4 Å². The van der Waals surface area contributed by atoms with E-state index in [1.54, 1.807) is 0 Å². The maximum Gasteiger partial charge on any atom is 0.144 e. The summed E-state index contributed by atoms with van der Waals surface area (Å²) in [4.78, 5) is 11.0. The Kier molecular flexibility index (Phi) is 4.80. The van der Waals surface area contributed by atoms with Gasteiger partial charge in [-0.25, -0.2) is 0 Å². The predicted molar refractivity (Wildman–Crippen MR) is 45.3 cm³/mol. The van der Waals surface area contributed by atoms with Gasteiger partial charge in [-0.2, -0.15) is 0 Å². The molecule has 0 aliphatic carbocycles. The van der Waals surface area contributed by atoms with Crippen molar-refractivity contribution in [1.82, 2.24) is 0 Å². The largest absolute Gasteiger partial charge is 1.00 e. The lowest BCUT2D eigenvalue weighted by atomic mass is 10.1. The highest BCUT2D eigenvalue weighted by molar-refractivity contribution is 5.78. The van der Waals surface area contributed by atoms with Crippen LogP contribution < -0.4 is 12.4 Å². The van der Waals surface area contributed by atoms with E-state index < -0.39 is 0 Å². The molecule has 0 aromatic heterocycles. The summed E-state index contributed by atoms with van der Waals surface area (Å²) in [5, 5.41) is 0. The van der Waals surface area contributed by atoms with E-state index in [9.17, 15) is 4.79 Å². The molecule has 0 atom stereocenters. The number of halogens is 1. The van der Waals surface area contributed by atoms with Gasteiger partial charge in [0.25, 0.3) is 0 Å². The molecule has 3 heteroatoms. The van der Waals surface area contributed by atoms with Crippen LogP contribution in [0.1, 0.15) is 26.7 Å². The molecule has 0 unspecified atom stereocenters. The van der Waals surface area contributed by atoms with Crippen molar-refractivity contribution in [2.24, 2.45) is 0 Å². The molecule has 1 rings (SSSR count). The molecule has 0 N–H and O–H groups in total. The number of hydrogen-bond acceptors (Lipinski definition) is 1. The Morgan fingerprint density at radius 2 is 1.58 bits per heavy atom. The summed E-state index contributed by atoms with van der Waals surface area (Å²) in [6.45, 7) is 8.96. The summed E-state index contributed by atoms with van der Waals surface area (Å²) in [5.41, 5.74) is 0. The van der Waals surface area contributed by atoms with Crippen LogP contribution in [0.25, 0.3) is 0 Å². The number of carbonyl (C=O) groups is 1. The van der Waals surface area contributed by atoms with Gasteiger partial charge in [-0.1, -0.05) is 0 Å². The van der Waals surface area contributed by atoms with Gasteiger partial charge >= 0.3 is 0 Å². The zero-order valence-electron chi connectivity index (χ0n) is 7.98. The van der Waals surface area contributed by atoms with E-state index in [1.165, 1.54) is 13.1 Å². The molecule has 72 valence electrons. The number of nitrogens with zero attached hydrogens (tertiary/aromatic N) is 1. The van der Waals surface area contributed by atoms with Crippen LogP contribution in [0, 0.1) is 0 Å². The minimum Gasteiger partial charge on any atom is -1.00 e. The van der Waals surface area contributed by atoms with Crippen molar-refractivity contribution in [3.63, 3.8) is 0 Å². The van der Waals surface area contributed by atoms with Gasteiger partial charge in [0.1, 0.15) is 5.78 Å². The lowest BCUT2D eigenvalue weighted by molar-refractivity contribution is -0.926. The highest BCUT2D eigenvalue weighted by atomic mass is 35.5. The van der Waals surface area contributed by atoms with Gasteiger partial charge in [-0.05, 0) is 13.8 Å². The molecule has 1 saturated heterocycles. The summed E-state index contributed by atoms with van der Waals surface area (Å²) < 4.78 is 1.16. The molecule has 0 saturated carbocycles. The Bertz CT molecular complexity index is 143.